The van der Waals surface area contributed by atoms with Gasteiger partial charge in [0.2, 0.25) is 5.69 Å². The molecule has 0 bridgehead atoms. The molecule has 12 heteroatoms. The van der Waals surface area contributed by atoms with Gasteiger partial charge in [-0.05, 0) is 31.9 Å². The molecule has 0 saturated heterocycles. The summed E-state index contributed by atoms with van der Waals surface area (Å²) in [6, 6.07) is 4.01. The molecule has 0 fully saturated rings. The van der Waals surface area contributed by atoms with E-state index in [4.69, 9.17) is 9.66 Å². The van der Waals surface area contributed by atoms with Gasteiger partial charge in [-0.15, -0.1) is 0 Å². The van der Waals surface area contributed by atoms with Crippen molar-refractivity contribution < 1.29 is 40.4 Å². The molecule has 1 aliphatic heterocycles. The fourth-order valence-corrected chi connectivity index (χ4v) is 4.61. The average Bonchev–Trinajstić information content (AvgIpc) is 2.74. The maximum absolute atomic E-state index is 11.4. The van der Waals surface area contributed by atoms with Gasteiger partial charge in [0.05, 0.1) is 16.1 Å². The van der Waals surface area contributed by atoms with Crippen LogP contribution < -0.4 is 0 Å². The van der Waals surface area contributed by atoms with E-state index in [0.29, 0.717) is 24.1 Å². The standard InChI is InChI=1S/C17H23NO8S2.Na.H/c1-12-17(2,8-3-5-16(19)20)14-11-13(28(24,25)26)6-7-15(14)18(12)9-4-10-27(21,22)23;;/h6-7,11H,3-5,8-10H2,1-2H3,(H2-,19,20,21,22,23,24,25,26);;. The van der Waals surface area contributed by atoms with Crippen LogP contribution in [0.3, 0.4) is 0 Å². The van der Waals surface area contributed by atoms with Crippen LogP contribution in [0, 0.1) is 0 Å². The van der Waals surface area contributed by atoms with Gasteiger partial charge in [-0.1, -0.05) is 0 Å². The molecule has 9 nitrogen and oxygen atoms in total. The Morgan fingerprint density at radius 2 is 1.83 bits per heavy atom. The summed E-state index contributed by atoms with van der Waals surface area (Å²) in [5.41, 5.74) is 1.31. The summed E-state index contributed by atoms with van der Waals surface area (Å²) >= 11 is 0. The van der Waals surface area contributed by atoms with Crippen molar-refractivity contribution in [3.8, 4) is 0 Å². The Kier molecular flexibility index (Phi) is 8.63. The van der Waals surface area contributed by atoms with Gasteiger partial charge >= 0.3 is 35.5 Å². The first kappa shape index (κ1) is 26.2. The summed E-state index contributed by atoms with van der Waals surface area (Å²) in [4.78, 5) is 10.5. The maximum atomic E-state index is 11.4. The fraction of sp³-hybridized carbons (Fsp3) is 0.529. The topological polar surface area (TPSA) is 152 Å². The van der Waals surface area contributed by atoms with Crippen molar-refractivity contribution in [1.29, 1.82) is 0 Å². The number of carbonyl (C=O) groups is 1. The molecule has 2 N–H and O–H groups in total. The second-order valence-electron chi connectivity index (χ2n) is 7.09. The molecule has 1 unspecified atom stereocenters. The summed E-state index contributed by atoms with van der Waals surface area (Å²) in [5, 5.41) is 8.91. The van der Waals surface area contributed by atoms with Crippen LogP contribution >= 0.6 is 0 Å². The zero-order valence-electron chi connectivity index (χ0n) is 15.6. The van der Waals surface area contributed by atoms with Crippen molar-refractivity contribution in [2.75, 3.05) is 12.3 Å². The van der Waals surface area contributed by atoms with Crippen molar-refractivity contribution in [2.24, 2.45) is 0 Å². The molecule has 1 aliphatic rings. The summed E-state index contributed by atoms with van der Waals surface area (Å²) in [6.07, 6.45) is 0.841. The van der Waals surface area contributed by atoms with E-state index in [9.17, 15) is 26.2 Å². The van der Waals surface area contributed by atoms with Crippen LogP contribution in [0.1, 0.15) is 45.1 Å². The first-order chi connectivity index (χ1) is 12.8. The second-order valence-corrected chi connectivity index (χ2v) is 10.0. The second kappa shape index (κ2) is 9.54. The molecule has 0 saturated carbocycles. The summed E-state index contributed by atoms with van der Waals surface area (Å²) in [6.45, 7) is 3.91. The Labute approximate surface area is 192 Å². The molecule has 0 radical (unpaired) electrons. The number of hydrogen-bond acceptors (Lipinski definition) is 6. The molecule has 1 heterocycles. The Morgan fingerprint density at radius 3 is 2.34 bits per heavy atom. The minimum absolute atomic E-state index is 0. The molecule has 29 heavy (non-hydrogen) atoms. The van der Waals surface area contributed by atoms with Crippen molar-refractivity contribution >= 4 is 67.2 Å². The minimum atomic E-state index is -4.66. The molecule has 1 atom stereocenters. The number of aliphatic carboxylic acids is 1. The van der Waals surface area contributed by atoms with Gasteiger partial charge in [0, 0.05) is 31.4 Å². The third kappa shape index (κ3) is 6.33. The number of nitrogens with zero attached hydrogens (tertiary/aromatic N) is 1. The predicted octanol–water partition coefficient (Wildman–Crippen LogP) is 0.851. The van der Waals surface area contributed by atoms with Gasteiger partial charge < -0.3 is 9.66 Å². The number of hydrogen-bond donors (Lipinski definition) is 2. The number of fused-ring (bicyclic) bond motifs is 1. The number of carboxylic acid groups (broad SMARTS) is 1. The quantitative estimate of drug-likeness (QED) is 0.314. The summed E-state index contributed by atoms with van der Waals surface area (Å²) in [5.74, 6) is -1.37. The molecule has 0 aromatic heterocycles. The Balaban J connectivity index is 0.00000420. The molecule has 0 spiro atoms. The molecule has 2 rings (SSSR count). The van der Waals surface area contributed by atoms with Crippen LogP contribution in [0.25, 0.3) is 0 Å². The summed E-state index contributed by atoms with van der Waals surface area (Å²) < 4.78 is 67.1. The van der Waals surface area contributed by atoms with E-state index in [2.05, 4.69) is 0 Å². The van der Waals surface area contributed by atoms with Crippen LogP contribution in [0.2, 0.25) is 0 Å². The normalized spacial score (nSPS) is 19.0. The van der Waals surface area contributed by atoms with E-state index in [0.717, 1.165) is 5.71 Å². The monoisotopic (exact) mass is 457 g/mol. The fourth-order valence-electron chi connectivity index (χ4n) is 3.62. The number of carboxylic acids is 1. The van der Waals surface area contributed by atoms with Crippen molar-refractivity contribution in [3.05, 3.63) is 23.8 Å². The molecule has 0 amide bonds. The Hall–Kier alpha value is -0.820. The van der Waals surface area contributed by atoms with E-state index in [1.165, 1.54) is 18.2 Å². The van der Waals surface area contributed by atoms with Crippen molar-refractivity contribution in [1.82, 2.24) is 0 Å². The van der Waals surface area contributed by atoms with Gasteiger partial charge in [0.25, 0.3) is 10.1 Å². The average molecular weight is 458 g/mol. The van der Waals surface area contributed by atoms with Gasteiger partial charge in [-0.25, -0.2) is 8.42 Å². The van der Waals surface area contributed by atoms with Gasteiger partial charge in [0.15, 0.2) is 5.71 Å². The Morgan fingerprint density at radius 1 is 1.21 bits per heavy atom. The summed E-state index contributed by atoms with van der Waals surface area (Å²) in [7, 11) is -8.78. The van der Waals surface area contributed by atoms with Crippen LogP contribution in [-0.2, 0) is 30.4 Å². The van der Waals surface area contributed by atoms with E-state index >= 15 is 0 Å². The number of benzene rings is 1. The van der Waals surface area contributed by atoms with Gasteiger partial charge in [-0.3, -0.25) is 9.35 Å². The third-order valence-corrected chi connectivity index (χ3v) is 6.83. The van der Waals surface area contributed by atoms with Crippen molar-refractivity contribution in [3.63, 3.8) is 0 Å². The molecule has 0 aliphatic carbocycles. The van der Waals surface area contributed by atoms with Crippen LogP contribution in [-0.4, -0.2) is 89.2 Å². The van der Waals surface area contributed by atoms with Gasteiger partial charge in [-0.2, -0.15) is 13.0 Å². The van der Waals surface area contributed by atoms with Crippen LogP contribution in [0.4, 0.5) is 5.69 Å². The number of rotatable bonds is 9. The van der Waals surface area contributed by atoms with E-state index < -0.39 is 37.4 Å². The molecular weight excluding hydrogens is 433 g/mol. The molecule has 158 valence electrons. The van der Waals surface area contributed by atoms with E-state index in [1.54, 1.807) is 6.92 Å². The SMILES string of the molecule is CC1=[N+](CCCS(=O)(=O)O)c2ccc(S(=O)(=O)[O-])cc2C1(C)CCCC(=O)O.[NaH]. The molecule has 1 aromatic rings. The van der Waals surface area contributed by atoms with Crippen LogP contribution in [0.5, 0.6) is 0 Å². The first-order valence-corrected chi connectivity index (χ1v) is 11.7. The van der Waals surface area contributed by atoms with Crippen molar-refractivity contribution in [2.45, 2.75) is 49.8 Å². The predicted molar refractivity (Wildman–Crippen MR) is 107 cm³/mol. The third-order valence-electron chi connectivity index (χ3n) is 5.20. The first-order valence-electron chi connectivity index (χ1n) is 8.65. The van der Waals surface area contributed by atoms with Gasteiger partial charge in [0.1, 0.15) is 16.7 Å². The molecular formula is C17H24NNaO8S2. The van der Waals surface area contributed by atoms with E-state index in [-0.39, 0.29) is 53.8 Å². The van der Waals surface area contributed by atoms with E-state index in [1.807, 2.05) is 11.5 Å². The molecule has 1 aromatic carbocycles. The zero-order chi connectivity index (χ0) is 21.3. The Bertz CT molecular complexity index is 1030. The zero-order valence-corrected chi connectivity index (χ0v) is 17.2. The van der Waals surface area contributed by atoms with Crippen LogP contribution in [0.15, 0.2) is 23.1 Å².